The molecule has 4 nitrogen and oxygen atoms in total. The Morgan fingerprint density at radius 2 is 2.15 bits per heavy atom. The number of rotatable bonds is 2. The molecule has 1 unspecified atom stereocenters. The molecule has 2 rings (SSSR count). The maximum atomic E-state index is 10.3. The minimum atomic E-state index is -0.713. The van der Waals surface area contributed by atoms with Crippen molar-refractivity contribution in [3.63, 3.8) is 0 Å². The molecular weight excluding hydrogens is 168 g/mol. The predicted molar refractivity (Wildman–Crippen MR) is 47.1 cm³/mol. The first-order chi connectivity index (χ1) is 6.40. The molecule has 1 aliphatic heterocycles. The molecule has 0 amide bonds. The number of aldehydes is 1. The van der Waals surface area contributed by atoms with Crippen LogP contribution < -0.4 is 5.48 Å². The second kappa shape index (κ2) is 3.37. The maximum absolute atomic E-state index is 10.3. The van der Waals surface area contributed by atoms with Crippen LogP contribution in [0.2, 0.25) is 0 Å². The van der Waals surface area contributed by atoms with Gasteiger partial charge in [-0.2, -0.15) is 0 Å². The summed E-state index contributed by atoms with van der Waals surface area (Å²) in [6.07, 6.45) is -0.0710. The Morgan fingerprint density at radius 1 is 1.38 bits per heavy atom. The molecule has 13 heavy (non-hydrogen) atoms. The summed E-state index contributed by atoms with van der Waals surface area (Å²) in [5.41, 5.74) is 3.50. The van der Waals surface area contributed by atoms with Gasteiger partial charge in [-0.1, -0.05) is 30.3 Å². The van der Waals surface area contributed by atoms with E-state index in [1.165, 1.54) is 0 Å². The van der Waals surface area contributed by atoms with Gasteiger partial charge in [0.15, 0.2) is 12.1 Å². The largest absolute Gasteiger partial charge is 0.298 e. The lowest BCUT2D eigenvalue weighted by atomic mass is 10.2. The van der Waals surface area contributed by atoms with Crippen LogP contribution in [0.15, 0.2) is 35.3 Å². The maximum Gasteiger partial charge on any atom is 0.232 e. The van der Waals surface area contributed by atoms with Crippen molar-refractivity contribution in [3.05, 3.63) is 35.9 Å². The fraction of sp³-hybridized carbons (Fsp3) is 0.111. The van der Waals surface area contributed by atoms with Crippen molar-refractivity contribution in [3.8, 4) is 0 Å². The normalized spacial score (nSPS) is 20.6. The summed E-state index contributed by atoms with van der Waals surface area (Å²) in [4.78, 5) is 19.2. The van der Waals surface area contributed by atoms with Gasteiger partial charge in [-0.15, -0.1) is 0 Å². The van der Waals surface area contributed by atoms with Gasteiger partial charge in [0.05, 0.1) is 0 Å². The Balaban J connectivity index is 2.24. The Bertz CT molecular complexity index is 335. The summed E-state index contributed by atoms with van der Waals surface area (Å²) in [7, 11) is 0. The topological polar surface area (TPSA) is 50.7 Å². The van der Waals surface area contributed by atoms with E-state index in [1.54, 1.807) is 0 Å². The lowest BCUT2D eigenvalue weighted by Crippen LogP contribution is -2.19. The second-order valence-electron chi connectivity index (χ2n) is 2.59. The van der Waals surface area contributed by atoms with Crippen molar-refractivity contribution in [2.24, 2.45) is 4.99 Å². The number of carbonyl (C=O) groups is 1. The summed E-state index contributed by atoms with van der Waals surface area (Å²) >= 11 is 0. The molecule has 0 saturated carbocycles. The lowest BCUT2D eigenvalue weighted by Gasteiger charge is -1.98. The Morgan fingerprint density at radius 3 is 2.77 bits per heavy atom. The molecular formula is C9H8N2O2. The highest BCUT2D eigenvalue weighted by molar-refractivity contribution is 5.99. The smallest absolute Gasteiger partial charge is 0.232 e. The first-order valence-corrected chi connectivity index (χ1v) is 3.90. The van der Waals surface area contributed by atoms with E-state index in [0.717, 1.165) is 5.56 Å². The van der Waals surface area contributed by atoms with Gasteiger partial charge >= 0.3 is 0 Å². The zero-order chi connectivity index (χ0) is 9.10. The summed E-state index contributed by atoms with van der Waals surface area (Å²) in [5.74, 6) is 0.595. The molecule has 0 fully saturated rings. The summed E-state index contributed by atoms with van der Waals surface area (Å²) in [6.45, 7) is 0. The number of nitrogens with zero attached hydrogens (tertiary/aromatic N) is 1. The van der Waals surface area contributed by atoms with E-state index >= 15 is 0 Å². The van der Waals surface area contributed by atoms with Crippen molar-refractivity contribution in [1.82, 2.24) is 5.48 Å². The number of hydroxylamine groups is 1. The van der Waals surface area contributed by atoms with Crippen LogP contribution in [0, 0.1) is 0 Å². The number of carbonyl (C=O) groups excluding carboxylic acids is 1. The molecule has 1 aromatic carbocycles. The lowest BCUT2D eigenvalue weighted by molar-refractivity contribution is -0.118. The van der Waals surface area contributed by atoms with Crippen LogP contribution in [0.25, 0.3) is 0 Å². The molecule has 1 atom stereocenters. The van der Waals surface area contributed by atoms with E-state index in [1.807, 2.05) is 30.3 Å². The molecule has 0 saturated heterocycles. The average molecular weight is 176 g/mol. The summed E-state index contributed by atoms with van der Waals surface area (Å²) in [5, 5.41) is 0. The van der Waals surface area contributed by atoms with E-state index in [-0.39, 0.29) is 0 Å². The van der Waals surface area contributed by atoms with Crippen LogP contribution in [-0.4, -0.2) is 18.3 Å². The standard InChI is InChI=1S/C9H8N2O2/c12-6-8-10-9(11-13-8)7-4-2-1-3-5-7/h1-6,8H,(H,10,11). The quantitative estimate of drug-likeness (QED) is 0.667. The van der Waals surface area contributed by atoms with Crippen LogP contribution in [-0.2, 0) is 9.63 Å². The van der Waals surface area contributed by atoms with Gasteiger partial charge in [0.1, 0.15) is 0 Å². The molecule has 0 aromatic heterocycles. The first-order valence-electron chi connectivity index (χ1n) is 3.90. The third kappa shape index (κ3) is 1.57. The highest BCUT2D eigenvalue weighted by atomic mass is 16.7. The monoisotopic (exact) mass is 176 g/mol. The molecule has 1 aromatic rings. The Kier molecular flexibility index (Phi) is 2.06. The minimum absolute atomic E-state index is 0.595. The number of hydrogen-bond donors (Lipinski definition) is 1. The van der Waals surface area contributed by atoms with E-state index in [2.05, 4.69) is 10.5 Å². The zero-order valence-corrected chi connectivity index (χ0v) is 6.81. The van der Waals surface area contributed by atoms with Gasteiger partial charge in [-0.3, -0.25) is 4.79 Å². The van der Waals surface area contributed by atoms with Crippen LogP contribution in [0.4, 0.5) is 0 Å². The Hall–Kier alpha value is -1.68. The number of benzene rings is 1. The predicted octanol–water partition coefficient (Wildman–Crippen LogP) is 0.493. The fourth-order valence-electron chi connectivity index (χ4n) is 1.08. The molecule has 1 heterocycles. The molecule has 0 radical (unpaired) electrons. The second-order valence-corrected chi connectivity index (χ2v) is 2.59. The van der Waals surface area contributed by atoms with Gasteiger partial charge in [0.2, 0.25) is 6.23 Å². The van der Waals surface area contributed by atoms with Crippen molar-refractivity contribution in [2.75, 3.05) is 0 Å². The molecule has 0 bridgehead atoms. The van der Waals surface area contributed by atoms with Crippen molar-refractivity contribution >= 4 is 12.1 Å². The summed E-state index contributed by atoms with van der Waals surface area (Å²) in [6, 6.07) is 9.49. The van der Waals surface area contributed by atoms with E-state index < -0.39 is 6.23 Å². The van der Waals surface area contributed by atoms with Crippen LogP contribution in [0.3, 0.4) is 0 Å². The third-order valence-electron chi connectivity index (χ3n) is 1.70. The van der Waals surface area contributed by atoms with Crippen LogP contribution in [0.1, 0.15) is 5.56 Å². The molecule has 4 heteroatoms. The Labute approximate surface area is 75.2 Å². The highest BCUT2D eigenvalue weighted by Crippen LogP contribution is 2.05. The molecule has 1 N–H and O–H groups in total. The van der Waals surface area contributed by atoms with Gasteiger partial charge in [-0.25, -0.2) is 15.3 Å². The summed E-state index contributed by atoms with van der Waals surface area (Å²) < 4.78 is 0. The van der Waals surface area contributed by atoms with Crippen molar-refractivity contribution in [2.45, 2.75) is 6.23 Å². The minimum Gasteiger partial charge on any atom is -0.298 e. The van der Waals surface area contributed by atoms with Gasteiger partial charge in [0.25, 0.3) is 0 Å². The zero-order valence-electron chi connectivity index (χ0n) is 6.81. The van der Waals surface area contributed by atoms with Crippen molar-refractivity contribution in [1.29, 1.82) is 0 Å². The third-order valence-corrected chi connectivity index (χ3v) is 1.70. The van der Waals surface area contributed by atoms with Crippen molar-refractivity contribution < 1.29 is 9.63 Å². The molecule has 1 aliphatic rings. The number of aliphatic imine (C=N–C) groups is 1. The molecule has 66 valence electrons. The number of nitrogens with one attached hydrogen (secondary N) is 1. The van der Waals surface area contributed by atoms with Crippen LogP contribution >= 0.6 is 0 Å². The van der Waals surface area contributed by atoms with Crippen LogP contribution in [0.5, 0.6) is 0 Å². The molecule has 0 spiro atoms. The molecule has 0 aliphatic carbocycles. The SMILES string of the molecule is O=CC1N=C(c2ccccc2)NO1. The number of hydrogen-bond acceptors (Lipinski definition) is 4. The van der Waals surface area contributed by atoms with E-state index in [0.29, 0.717) is 12.1 Å². The van der Waals surface area contributed by atoms with Gasteiger partial charge in [0, 0.05) is 5.56 Å². The highest BCUT2D eigenvalue weighted by Gasteiger charge is 2.17. The fourth-order valence-corrected chi connectivity index (χ4v) is 1.08. The van der Waals surface area contributed by atoms with Gasteiger partial charge < -0.3 is 0 Å². The average Bonchev–Trinajstić information content (AvgIpc) is 2.67. The van der Waals surface area contributed by atoms with Gasteiger partial charge in [-0.05, 0) is 0 Å². The van der Waals surface area contributed by atoms with E-state index in [9.17, 15) is 4.79 Å². The number of amidine groups is 1. The first kappa shape index (κ1) is 7.94. The van der Waals surface area contributed by atoms with E-state index in [4.69, 9.17) is 4.84 Å².